The molecule has 1 N–H and O–H groups in total. The van der Waals surface area contributed by atoms with E-state index in [1.807, 2.05) is 0 Å². The van der Waals surface area contributed by atoms with Gasteiger partial charge in [0.15, 0.2) is 0 Å². The third-order valence-electron chi connectivity index (χ3n) is 2.80. The number of aromatic nitrogens is 2. The topological polar surface area (TPSA) is 52.2 Å². The molecule has 1 aliphatic heterocycles. The average molecular weight is 208 g/mol. The minimum Gasteiger partial charge on any atom is -0.304 e. The number of aromatic amines is 1. The molecule has 1 aromatic heterocycles. The molecule has 0 bridgehead atoms. The van der Waals surface area contributed by atoms with Gasteiger partial charge in [0, 0.05) is 44.5 Å². The maximum absolute atomic E-state index is 11.4. The van der Waals surface area contributed by atoms with Crippen LogP contribution in [0, 0.1) is 0 Å². The Bertz CT molecular complexity index is 368. The molecule has 0 radical (unpaired) electrons. The summed E-state index contributed by atoms with van der Waals surface area (Å²) in [7, 11) is 2.12. The number of piperazine rings is 1. The predicted octanol–water partition coefficient (Wildman–Crippen LogP) is -0.483. The summed E-state index contributed by atoms with van der Waals surface area (Å²) in [5.74, 6) is 0. The molecule has 0 spiro atoms. The lowest BCUT2D eigenvalue weighted by atomic mass is 10.2. The molecule has 1 aliphatic rings. The highest BCUT2D eigenvalue weighted by molar-refractivity contribution is 5.05. The van der Waals surface area contributed by atoms with E-state index in [9.17, 15) is 4.79 Å². The van der Waals surface area contributed by atoms with Crippen LogP contribution in [0.15, 0.2) is 17.1 Å². The van der Waals surface area contributed by atoms with Gasteiger partial charge in [-0.05, 0) is 13.1 Å². The minimum atomic E-state index is -0.0728. The smallest absolute Gasteiger partial charge is 0.268 e. The number of hydrogen-bond acceptors (Lipinski definition) is 4. The monoisotopic (exact) mass is 208 g/mol. The molecular weight excluding hydrogens is 192 g/mol. The number of hydrogen-bond donors (Lipinski definition) is 1. The molecule has 0 amide bonds. The Balaban J connectivity index is 1.98. The molecule has 1 aromatic rings. The Morgan fingerprint density at radius 1 is 1.40 bits per heavy atom. The molecular formula is C10H16N4O. The van der Waals surface area contributed by atoms with Crippen LogP contribution in [-0.2, 0) is 6.54 Å². The first-order valence-corrected chi connectivity index (χ1v) is 5.19. The van der Waals surface area contributed by atoms with Crippen molar-refractivity contribution >= 4 is 0 Å². The summed E-state index contributed by atoms with van der Waals surface area (Å²) in [5.41, 5.74) is 0.728. The summed E-state index contributed by atoms with van der Waals surface area (Å²) < 4.78 is 0. The van der Waals surface area contributed by atoms with Gasteiger partial charge in [0.2, 0.25) is 0 Å². The van der Waals surface area contributed by atoms with Crippen LogP contribution in [0.3, 0.4) is 0 Å². The predicted molar refractivity (Wildman–Crippen MR) is 57.6 cm³/mol. The van der Waals surface area contributed by atoms with E-state index in [0.29, 0.717) is 0 Å². The summed E-state index contributed by atoms with van der Waals surface area (Å²) in [5, 5.41) is 6.14. The van der Waals surface area contributed by atoms with Crippen LogP contribution < -0.4 is 5.56 Å². The molecule has 0 unspecified atom stereocenters. The van der Waals surface area contributed by atoms with E-state index in [2.05, 4.69) is 27.0 Å². The number of H-pyrrole nitrogens is 1. The second-order valence-corrected chi connectivity index (χ2v) is 3.99. The standard InChI is InChI=1S/C10H16N4O/c1-13-4-6-14(7-5-13)8-9-2-3-11-12-10(9)15/h2-3H,4-8H2,1H3,(H,12,15). The van der Waals surface area contributed by atoms with Crippen LogP contribution in [0.25, 0.3) is 0 Å². The molecule has 0 saturated carbocycles. The van der Waals surface area contributed by atoms with Crippen molar-refractivity contribution in [2.45, 2.75) is 6.54 Å². The highest BCUT2D eigenvalue weighted by atomic mass is 16.1. The normalized spacial score (nSPS) is 19.3. The number of rotatable bonds is 2. The fourth-order valence-electron chi connectivity index (χ4n) is 1.74. The van der Waals surface area contributed by atoms with Gasteiger partial charge in [-0.1, -0.05) is 0 Å². The highest BCUT2D eigenvalue weighted by Crippen LogP contribution is 2.03. The fourth-order valence-corrected chi connectivity index (χ4v) is 1.74. The molecule has 2 heterocycles. The second-order valence-electron chi connectivity index (χ2n) is 3.99. The van der Waals surface area contributed by atoms with Gasteiger partial charge in [-0.2, -0.15) is 5.10 Å². The van der Waals surface area contributed by atoms with Crippen LogP contribution in [0.5, 0.6) is 0 Å². The zero-order valence-electron chi connectivity index (χ0n) is 8.94. The molecule has 5 heteroatoms. The molecule has 1 saturated heterocycles. The Morgan fingerprint density at radius 2 is 2.13 bits per heavy atom. The number of nitrogens with zero attached hydrogens (tertiary/aromatic N) is 3. The summed E-state index contributed by atoms with van der Waals surface area (Å²) in [6.07, 6.45) is 1.63. The van der Waals surface area contributed by atoms with Crippen molar-refractivity contribution in [3.05, 3.63) is 28.2 Å². The highest BCUT2D eigenvalue weighted by Gasteiger charge is 2.14. The van der Waals surface area contributed by atoms with Gasteiger partial charge in [-0.3, -0.25) is 9.69 Å². The third-order valence-corrected chi connectivity index (χ3v) is 2.80. The van der Waals surface area contributed by atoms with E-state index >= 15 is 0 Å². The lowest BCUT2D eigenvalue weighted by Gasteiger charge is -2.32. The van der Waals surface area contributed by atoms with Crippen LogP contribution in [0.4, 0.5) is 0 Å². The molecule has 5 nitrogen and oxygen atoms in total. The van der Waals surface area contributed by atoms with E-state index in [4.69, 9.17) is 0 Å². The van der Waals surface area contributed by atoms with Crippen molar-refractivity contribution < 1.29 is 0 Å². The lowest BCUT2D eigenvalue weighted by molar-refractivity contribution is 0.147. The maximum Gasteiger partial charge on any atom is 0.268 e. The van der Waals surface area contributed by atoms with Crippen molar-refractivity contribution in [2.24, 2.45) is 0 Å². The van der Waals surface area contributed by atoms with Crippen molar-refractivity contribution in [1.82, 2.24) is 20.0 Å². The number of nitrogens with one attached hydrogen (secondary N) is 1. The summed E-state index contributed by atoms with van der Waals surface area (Å²) in [6, 6.07) is 1.79. The SMILES string of the molecule is CN1CCN(Cc2ccn[nH]c2=O)CC1. The Kier molecular flexibility index (Phi) is 3.13. The Morgan fingerprint density at radius 3 is 2.80 bits per heavy atom. The van der Waals surface area contributed by atoms with Crippen molar-refractivity contribution in [2.75, 3.05) is 33.2 Å². The minimum absolute atomic E-state index is 0.0728. The molecule has 15 heavy (non-hydrogen) atoms. The molecule has 0 atom stereocenters. The molecule has 1 fully saturated rings. The van der Waals surface area contributed by atoms with Crippen molar-refractivity contribution in [1.29, 1.82) is 0 Å². The Hall–Kier alpha value is -1.20. The lowest BCUT2D eigenvalue weighted by Crippen LogP contribution is -2.44. The summed E-state index contributed by atoms with van der Waals surface area (Å²) in [6.45, 7) is 4.92. The van der Waals surface area contributed by atoms with Gasteiger partial charge in [0.25, 0.3) is 5.56 Å². The molecule has 0 aromatic carbocycles. The van der Waals surface area contributed by atoms with E-state index in [0.717, 1.165) is 38.3 Å². The van der Waals surface area contributed by atoms with Crippen LogP contribution >= 0.6 is 0 Å². The second kappa shape index (κ2) is 4.55. The zero-order valence-corrected chi connectivity index (χ0v) is 8.94. The first-order chi connectivity index (χ1) is 7.25. The van der Waals surface area contributed by atoms with Crippen LogP contribution in [0.2, 0.25) is 0 Å². The van der Waals surface area contributed by atoms with E-state index in [-0.39, 0.29) is 5.56 Å². The Labute approximate surface area is 88.7 Å². The van der Waals surface area contributed by atoms with E-state index in [1.165, 1.54) is 0 Å². The number of likely N-dealkylation sites (N-methyl/N-ethyl adjacent to an activating group) is 1. The van der Waals surface area contributed by atoms with Gasteiger partial charge < -0.3 is 4.90 Å². The van der Waals surface area contributed by atoms with E-state index < -0.39 is 0 Å². The summed E-state index contributed by atoms with van der Waals surface area (Å²) in [4.78, 5) is 16.0. The van der Waals surface area contributed by atoms with E-state index in [1.54, 1.807) is 12.3 Å². The average Bonchev–Trinajstić information content (AvgIpc) is 2.25. The van der Waals surface area contributed by atoms with Crippen molar-refractivity contribution in [3.8, 4) is 0 Å². The van der Waals surface area contributed by atoms with Crippen LogP contribution in [0.1, 0.15) is 5.56 Å². The van der Waals surface area contributed by atoms with Gasteiger partial charge in [0.05, 0.1) is 0 Å². The largest absolute Gasteiger partial charge is 0.304 e. The fraction of sp³-hybridized carbons (Fsp3) is 0.600. The third kappa shape index (κ3) is 2.64. The van der Waals surface area contributed by atoms with Crippen molar-refractivity contribution in [3.63, 3.8) is 0 Å². The first kappa shape index (κ1) is 10.3. The van der Waals surface area contributed by atoms with Gasteiger partial charge >= 0.3 is 0 Å². The molecule has 82 valence electrons. The van der Waals surface area contributed by atoms with Gasteiger partial charge in [0.1, 0.15) is 0 Å². The van der Waals surface area contributed by atoms with Crippen LogP contribution in [-0.4, -0.2) is 53.2 Å². The molecule has 2 rings (SSSR count). The first-order valence-electron chi connectivity index (χ1n) is 5.19. The van der Waals surface area contributed by atoms with Gasteiger partial charge in [-0.15, -0.1) is 0 Å². The maximum atomic E-state index is 11.4. The zero-order chi connectivity index (χ0) is 10.7. The quantitative estimate of drug-likeness (QED) is 0.713. The summed E-state index contributed by atoms with van der Waals surface area (Å²) >= 11 is 0. The van der Waals surface area contributed by atoms with Gasteiger partial charge in [-0.25, -0.2) is 5.10 Å². The molecule has 0 aliphatic carbocycles.